The van der Waals surface area contributed by atoms with E-state index in [1.165, 1.54) is 0 Å². The second kappa shape index (κ2) is 7.23. The summed E-state index contributed by atoms with van der Waals surface area (Å²) < 4.78 is 0. The fourth-order valence-corrected chi connectivity index (χ4v) is 2.55. The minimum absolute atomic E-state index is 0.0349. The summed E-state index contributed by atoms with van der Waals surface area (Å²) in [5.41, 5.74) is -0.939. The molecular formula is C13H20N2O3S. The highest BCUT2D eigenvalue weighted by Crippen LogP contribution is 2.30. The van der Waals surface area contributed by atoms with E-state index in [0.29, 0.717) is 25.8 Å². The van der Waals surface area contributed by atoms with Crippen molar-refractivity contribution in [3.05, 3.63) is 16.6 Å². The fourth-order valence-electron chi connectivity index (χ4n) is 1.93. The molecule has 1 aromatic rings. The van der Waals surface area contributed by atoms with Gasteiger partial charge in [-0.1, -0.05) is 13.8 Å². The van der Waals surface area contributed by atoms with E-state index in [0.717, 1.165) is 5.01 Å². The van der Waals surface area contributed by atoms with Gasteiger partial charge in [0.05, 0.1) is 10.4 Å². The van der Waals surface area contributed by atoms with Crippen LogP contribution in [0.25, 0.3) is 0 Å². The number of nitrogens with zero attached hydrogens (tertiary/aromatic N) is 1. The summed E-state index contributed by atoms with van der Waals surface area (Å²) in [6.45, 7) is 4.11. The lowest BCUT2D eigenvalue weighted by molar-refractivity contribution is -0.152. The van der Waals surface area contributed by atoms with E-state index in [2.05, 4.69) is 10.3 Å². The molecule has 0 radical (unpaired) electrons. The number of carboxylic acid groups (broad SMARTS) is 1. The number of thiazole rings is 1. The molecule has 1 amide bonds. The Balaban J connectivity index is 2.43. The van der Waals surface area contributed by atoms with Gasteiger partial charge in [-0.25, -0.2) is 4.98 Å². The fraction of sp³-hybridized carbons (Fsp3) is 0.615. The summed E-state index contributed by atoms with van der Waals surface area (Å²) >= 11 is 1.55. The molecule has 0 unspecified atom stereocenters. The number of aliphatic carboxylic acids is 1. The molecule has 5 nitrogen and oxygen atoms in total. The first-order valence-corrected chi connectivity index (χ1v) is 7.30. The van der Waals surface area contributed by atoms with Crippen LogP contribution in [0.3, 0.4) is 0 Å². The van der Waals surface area contributed by atoms with Crippen LogP contribution in [0.15, 0.2) is 11.6 Å². The van der Waals surface area contributed by atoms with E-state index in [1.54, 1.807) is 31.4 Å². The van der Waals surface area contributed by atoms with Gasteiger partial charge in [0.15, 0.2) is 0 Å². The molecule has 0 aliphatic rings. The van der Waals surface area contributed by atoms with Crippen molar-refractivity contribution in [2.24, 2.45) is 5.41 Å². The number of nitrogens with one attached hydrogen (secondary N) is 1. The van der Waals surface area contributed by atoms with Crippen LogP contribution in [0.5, 0.6) is 0 Å². The summed E-state index contributed by atoms with van der Waals surface area (Å²) in [5.74, 6) is -1.10. The highest BCUT2D eigenvalue weighted by Gasteiger charge is 2.36. The summed E-state index contributed by atoms with van der Waals surface area (Å²) in [5, 5.41) is 14.9. The maximum Gasteiger partial charge on any atom is 0.310 e. The van der Waals surface area contributed by atoms with E-state index >= 15 is 0 Å². The minimum Gasteiger partial charge on any atom is -0.481 e. The van der Waals surface area contributed by atoms with E-state index in [1.807, 2.05) is 5.38 Å². The Hall–Kier alpha value is -1.43. The largest absolute Gasteiger partial charge is 0.481 e. The smallest absolute Gasteiger partial charge is 0.310 e. The quantitative estimate of drug-likeness (QED) is 0.766. The lowest BCUT2D eigenvalue weighted by Gasteiger charge is -2.25. The highest BCUT2D eigenvalue weighted by molar-refractivity contribution is 7.09. The Bertz CT molecular complexity index is 414. The average Bonchev–Trinajstić information content (AvgIpc) is 2.89. The van der Waals surface area contributed by atoms with Gasteiger partial charge in [-0.2, -0.15) is 0 Å². The highest BCUT2D eigenvalue weighted by atomic mass is 32.1. The maximum atomic E-state index is 11.8. The molecule has 0 aliphatic heterocycles. The molecule has 19 heavy (non-hydrogen) atoms. The molecule has 1 rings (SSSR count). The second-order valence-corrected chi connectivity index (χ2v) is 5.47. The first kappa shape index (κ1) is 15.6. The first-order valence-electron chi connectivity index (χ1n) is 6.42. The standard InChI is InChI=1S/C13H20N2O3S/c1-3-13(4-2,12(17)18)9-10(16)14-6-5-11-15-7-8-19-11/h7-8H,3-6,9H2,1-2H3,(H,14,16)(H,17,18). The monoisotopic (exact) mass is 284 g/mol. The number of hydrogen-bond donors (Lipinski definition) is 2. The molecule has 0 saturated carbocycles. The van der Waals surface area contributed by atoms with Crippen LogP contribution in [0.2, 0.25) is 0 Å². The Morgan fingerprint density at radius 1 is 1.42 bits per heavy atom. The van der Waals surface area contributed by atoms with Crippen LogP contribution < -0.4 is 5.32 Å². The summed E-state index contributed by atoms with van der Waals surface area (Å²) in [6, 6.07) is 0. The summed E-state index contributed by atoms with van der Waals surface area (Å²) in [7, 11) is 0. The number of hydrogen-bond acceptors (Lipinski definition) is 4. The van der Waals surface area contributed by atoms with Gasteiger partial charge < -0.3 is 10.4 Å². The zero-order chi connectivity index (χ0) is 14.3. The number of carboxylic acids is 1. The van der Waals surface area contributed by atoms with E-state index in [4.69, 9.17) is 0 Å². The zero-order valence-electron chi connectivity index (χ0n) is 11.3. The molecule has 0 spiro atoms. The molecule has 1 heterocycles. The van der Waals surface area contributed by atoms with Gasteiger partial charge in [-0.05, 0) is 12.8 Å². The Morgan fingerprint density at radius 3 is 2.58 bits per heavy atom. The number of amides is 1. The zero-order valence-corrected chi connectivity index (χ0v) is 12.1. The third kappa shape index (κ3) is 4.31. The van der Waals surface area contributed by atoms with Crippen LogP contribution in [-0.4, -0.2) is 28.5 Å². The van der Waals surface area contributed by atoms with E-state index in [-0.39, 0.29) is 12.3 Å². The molecule has 0 fully saturated rings. The lowest BCUT2D eigenvalue weighted by Crippen LogP contribution is -2.37. The summed E-state index contributed by atoms with van der Waals surface area (Å²) in [4.78, 5) is 27.2. The predicted octanol–water partition coefficient (Wildman–Crippen LogP) is 2.08. The van der Waals surface area contributed by atoms with Crippen molar-refractivity contribution in [2.75, 3.05) is 6.54 Å². The Labute approximate surface area is 117 Å². The molecular weight excluding hydrogens is 264 g/mol. The first-order chi connectivity index (χ1) is 9.04. The Morgan fingerprint density at radius 2 is 2.11 bits per heavy atom. The van der Waals surface area contributed by atoms with Crippen LogP contribution in [0.4, 0.5) is 0 Å². The van der Waals surface area contributed by atoms with Crippen molar-refractivity contribution in [3.63, 3.8) is 0 Å². The molecule has 2 N–H and O–H groups in total. The lowest BCUT2D eigenvalue weighted by atomic mass is 9.79. The molecule has 0 bridgehead atoms. The van der Waals surface area contributed by atoms with Crippen LogP contribution in [-0.2, 0) is 16.0 Å². The van der Waals surface area contributed by atoms with Crippen molar-refractivity contribution in [3.8, 4) is 0 Å². The molecule has 0 aromatic carbocycles. The van der Waals surface area contributed by atoms with E-state index in [9.17, 15) is 14.7 Å². The maximum absolute atomic E-state index is 11.8. The van der Waals surface area contributed by atoms with Crippen LogP contribution in [0.1, 0.15) is 38.1 Å². The summed E-state index contributed by atoms with van der Waals surface area (Å²) in [6.07, 6.45) is 3.36. The van der Waals surface area contributed by atoms with Crippen molar-refractivity contribution < 1.29 is 14.7 Å². The SMILES string of the molecule is CCC(CC)(CC(=O)NCCc1nccs1)C(=O)O. The van der Waals surface area contributed by atoms with Gasteiger partial charge in [-0.15, -0.1) is 11.3 Å². The average molecular weight is 284 g/mol. The van der Waals surface area contributed by atoms with Gasteiger partial charge >= 0.3 is 5.97 Å². The minimum atomic E-state index is -0.939. The second-order valence-electron chi connectivity index (χ2n) is 4.50. The van der Waals surface area contributed by atoms with Gasteiger partial charge in [0.2, 0.25) is 5.91 Å². The molecule has 0 saturated heterocycles. The van der Waals surface area contributed by atoms with Crippen molar-refractivity contribution in [1.29, 1.82) is 0 Å². The third-order valence-corrected chi connectivity index (χ3v) is 4.29. The third-order valence-electron chi connectivity index (χ3n) is 3.45. The number of carbonyl (C=O) groups excluding carboxylic acids is 1. The normalized spacial score (nSPS) is 11.3. The number of carbonyl (C=O) groups is 2. The molecule has 0 aliphatic carbocycles. The van der Waals surface area contributed by atoms with Crippen molar-refractivity contribution in [1.82, 2.24) is 10.3 Å². The molecule has 6 heteroatoms. The van der Waals surface area contributed by atoms with Gasteiger partial charge in [0, 0.05) is 31.0 Å². The molecule has 1 aromatic heterocycles. The van der Waals surface area contributed by atoms with Crippen LogP contribution in [0, 0.1) is 5.41 Å². The predicted molar refractivity (Wildman–Crippen MR) is 74.1 cm³/mol. The van der Waals surface area contributed by atoms with Gasteiger partial charge in [0.25, 0.3) is 0 Å². The van der Waals surface area contributed by atoms with Crippen LogP contribution >= 0.6 is 11.3 Å². The van der Waals surface area contributed by atoms with Crippen molar-refractivity contribution >= 4 is 23.2 Å². The Kier molecular flexibility index (Phi) is 5.95. The number of rotatable bonds is 8. The molecule has 106 valence electrons. The number of aromatic nitrogens is 1. The van der Waals surface area contributed by atoms with Gasteiger partial charge in [-0.3, -0.25) is 9.59 Å². The topological polar surface area (TPSA) is 79.3 Å². The molecule has 0 atom stereocenters. The van der Waals surface area contributed by atoms with Crippen molar-refractivity contribution in [2.45, 2.75) is 39.5 Å². The van der Waals surface area contributed by atoms with E-state index < -0.39 is 11.4 Å². The van der Waals surface area contributed by atoms with Gasteiger partial charge in [0.1, 0.15) is 0 Å².